The van der Waals surface area contributed by atoms with E-state index in [1.54, 1.807) is 0 Å². The summed E-state index contributed by atoms with van der Waals surface area (Å²) in [7, 11) is 1.42. The molecule has 0 aromatic rings. The Bertz CT molecular complexity index is 205. The maximum Gasteiger partial charge on any atom is 0.322 e. The Kier molecular flexibility index (Phi) is 2.26. The van der Waals surface area contributed by atoms with E-state index in [9.17, 15) is 4.79 Å². The summed E-state index contributed by atoms with van der Waals surface area (Å²) in [6.07, 6.45) is 2.28. The highest BCUT2D eigenvalue weighted by atomic mass is 16.5. The average Bonchev–Trinajstić information content (AvgIpc) is 2.59. The first-order valence-corrected chi connectivity index (χ1v) is 4.70. The highest BCUT2D eigenvalue weighted by Gasteiger charge is 2.43. The van der Waals surface area contributed by atoms with E-state index in [-0.39, 0.29) is 18.1 Å². The smallest absolute Gasteiger partial charge is 0.322 e. The number of nitrogens with one attached hydrogen (secondary N) is 1. The van der Waals surface area contributed by atoms with Crippen LogP contribution in [0, 0.1) is 0 Å². The van der Waals surface area contributed by atoms with Gasteiger partial charge in [-0.2, -0.15) is 0 Å². The van der Waals surface area contributed by atoms with Gasteiger partial charge in [0.05, 0.1) is 19.3 Å². The van der Waals surface area contributed by atoms with Crippen molar-refractivity contribution < 1.29 is 14.3 Å². The molecule has 2 saturated heterocycles. The molecule has 2 fully saturated rings. The van der Waals surface area contributed by atoms with Gasteiger partial charge in [-0.25, -0.2) is 0 Å². The van der Waals surface area contributed by atoms with E-state index in [1.807, 2.05) is 0 Å². The largest absolute Gasteiger partial charge is 0.468 e. The minimum absolute atomic E-state index is 0.160. The minimum Gasteiger partial charge on any atom is -0.468 e. The standard InChI is InChI=1S/C9H15NO3/c1-5-3-6-8(13-5)4-7(10-6)9(11)12-2/h5-8,10H,3-4H2,1-2H3. The monoisotopic (exact) mass is 185 g/mol. The number of hydrogen-bond donors (Lipinski definition) is 1. The number of esters is 1. The van der Waals surface area contributed by atoms with Crippen LogP contribution in [0.25, 0.3) is 0 Å². The molecule has 2 heterocycles. The Morgan fingerprint density at radius 2 is 2.31 bits per heavy atom. The summed E-state index contributed by atoms with van der Waals surface area (Å²) in [5.74, 6) is -0.175. The molecule has 4 nitrogen and oxygen atoms in total. The van der Waals surface area contributed by atoms with Crippen molar-refractivity contribution in [1.29, 1.82) is 0 Å². The fraction of sp³-hybridized carbons (Fsp3) is 0.889. The van der Waals surface area contributed by atoms with Crippen molar-refractivity contribution in [2.45, 2.75) is 44.1 Å². The lowest BCUT2D eigenvalue weighted by Gasteiger charge is -2.11. The first kappa shape index (κ1) is 8.97. The number of carbonyl (C=O) groups excluding carboxylic acids is 1. The second-order valence-electron chi connectivity index (χ2n) is 3.81. The molecule has 2 aliphatic rings. The first-order valence-electron chi connectivity index (χ1n) is 4.70. The Morgan fingerprint density at radius 3 is 2.92 bits per heavy atom. The van der Waals surface area contributed by atoms with Gasteiger partial charge in [0, 0.05) is 12.5 Å². The quantitative estimate of drug-likeness (QED) is 0.587. The molecule has 1 N–H and O–H groups in total. The summed E-state index contributed by atoms with van der Waals surface area (Å²) in [5, 5.41) is 3.23. The number of methoxy groups -OCH3 is 1. The summed E-state index contributed by atoms with van der Waals surface area (Å²) < 4.78 is 10.3. The van der Waals surface area contributed by atoms with E-state index in [0.717, 1.165) is 12.8 Å². The van der Waals surface area contributed by atoms with Gasteiger partial charge in [0.15, 0.2) is 0 Å². The molecule has 2 rings (SSSR count). The second-order valence-corrected chi connectivity index (χ2v) is 3.81. The molecular weight excluding hydrogens is 170 g/mol. The van der Waals surface area contributed by atoms with Crippen LogP contribution in [0.4, 0.5) is 0 Å². The number of rotatable bonds is 1. The molecule has 74 valence electrons. The zero-order valence-electron chi connectivity index (χ0n) is 7.95. The zero-order chi connectivity index (χ0) is 9.42. The van der Waals surface area contributed by atoms with Crippen LogP contribution in [-0.4, -0.2) is 37.4 Å². The molecule has 13 heavy (non-hydrogen) atoms. The Morgan fingerprint density at radius 1 is 1.54 bits per heavy atom. The SMILES string of the molecule is COC(=O)C1CC2OC(C)CC2N1. The third-order valence-corrected chi connectivity index (χ3v) is 2.81. The van der Waals surface area contributed by atoms with Gasteiger partial charge in [-0.05, 0) is 13.3 Å². The van der Waals surface area contributed by atoms with Crippen LogP contribution in [0.1, 0.15) is 19.8 Å². The van der Waals surface area contributed by atoms with Crippen LogP contribution in [0.5, 0.6) is 0 Å². The van der Waals surface area contributed by atoms with Crippen LogP contribution in [0.3, 0.4) is 0 Å². The van der Waals surface area contributed by atoms with Crippen molar-refractivity contribution in [3.63, 3.8) is 0 Å². The van der Waals surface area contributed by atoms with Crippen molar-refractivity contribution in [3.05, 3.63) is 0 Å². The third kappa shape index (κ3) is 1.56. The Balaban J connectivity index is 1.93. The van der Waals surface area contributed by atoms with Gasteiger partial charge in [-0.1, -0.05) is 0 Å². The van der Waals surface area contributed by atoms with Crippen LogP contribution >= 0.6 is 0 Å². The number of ether oxygens (including phenoxy) is 2. The Hall–Kier alpha value is -0.610. The lowest BCUT2D eigenvalue weighted by molar-refractivity contribution is -0.143. The molecule has 0 aromatic heterocycles. The van der Waals surface area contributed by atoms with Gasteiger partial charge in [0.25, 0.3) is 0 Å². The summed E-state index contributed by atoms with van der Waals surface area (Å²) in [5.41, 5.74) is 0. The molecule has 4 heteroatoms. The molecule has 0 aliphatic carbocycles. The average molecular weight is 185 g/mol. The van der Waals surface area contributed by atoms with E-state index in [2.05, 4.69) is 17.0 Å². The summed E-state index contributed by atoms with van der Waals surface area (Å²) >= 11 is 0. The van der Waals surface area contributed by atoms with E-state index in [1.165, 1.54) is 7.11 Å². The number of carbonyl (C=O) groups is 1. The molecule has 0 aromatic carbocycles. The normalized spacial score (nSPS) is 43.2. The van der Waals surface area contributed by atoms with Gasteiger partial charge in [0.1, 0.15) is 6.04 Å². The molecule has 4 unspecified atom stereocenters. The molecule has 4 atom stereocenters. The topological polar surface area (TPSA) is 47.6 Å². The van der Waals surface area contributed by atoms with Crippen LogP contribution in [-0.2, 0) is 14.3 Å². The number of hydrogen-bond acceptors (Lipinski definition) is 4. The van der Waals surface area contributed by atoms with Crippen LogP contribution in [0.15, 0.2) is 0 Å². The molecule has 2 aliphatic heterocycles. The molecule has 0 bridgehead atoms. The molecule has 0 radical (unpaired) electrons. The highest BCUT2D eigenvalue weighted by Crippen LogP contribution is 2.29. The lowest BCUT2D eigenvalue weighted by Crippen LogP contribution is -2.36. The maximum absolute atomic E-state index is 11.2. The van der Waals surface area contributed by atoms with Gasteiger partial charge in [-0.15, -0.1) is 0 Å². The lowest BCUT2D eigenvalue weighted by atomic mass is 10.1. The van der Waals surface area contributed by atoms with E-state index in [0.29, 0.717) is 12.1 Å². The molecular formula is C9H15NO3. The van der Waals surface area contributed by atoms with Crippen LogP contribution in [0.2, 0.25) is 0 Å². The molecule has 0 saturated carbocycles. The van der Waals surface area contributed by atoms with Crippen molar-refractivity contribution in [1.82, 2.24) is 5.32 Å². The third-order valence-electron chi connectivity index (χ3n) is 2.81. The van der Waals surface area contributed by atoms with Crippen molar-refractivity contribution >= 4 is 5.97 Å². The van der Waals surface area contributed by atoms with Gasteiger partial charge >= 0.3 is 5.97 Å². The zero-order valence-corrected chi connectivity index (χ0v) is 7.95. The minimum atomic E-state index is -0.175. The first-order chi connectivity index (χ1) is 6.20. The van der Waals surface area contributed by atoms with Gasteiger partial charge < -0.3 is 9.47 Å². The second kappa shape index (κ2) is 3.27. The van der Waals surface area contributed by atoms with Crippen molar-refractivity contribution in [2.75, 3.05) is 7.11 Å². The fourth-order valence-corrected chi connectivity index (χ4v) is 2.22. The summed E-state index contributed by atoms with van der Waals surface area (Å²) in [6.45, 7) is 2.06. The van der Waals surface area contributed by atoms with Crippen LogP contribution < -0.4 is 5.32 Å². The fourth-order valence-electron chi connectivity index (χ4n) is 2.22. The molecule has 0 amide bonds. The highest BCUT2D eigenvalue weighted by molar-refractivity contribution is 5.76. The Labute approximate surface area is 77.6 Å². The maximum atomic E-state index is 11.2. The van der Waals surface area contributed by atoms with E-state index in [4.69, 9.17) is 4.74 Å². The van der Waals surface area contributed by atoms with E-state index < -0.39 is 0 Å². The van der Waals surface area contributed by atoms with Gasteiger partial charge in [0.2, 0.25) is 0 Å². The van der Waals surface area contributed by atoms with E-state index >= 15 is 0 Å². The predicted octanol–water partition coefficient (Wildman–Crippen LogP) is 0.0673. The molecule has 0 spiro atoms. The summed E-state index contributed by atoms with van der Waals surface area (Å²) in [6, 6.07) is 0.187. The van der Waals surface area contributed by atoms with Crippen molar-refractivity contribution in [2.24, 2.45) is 0 Å². The number of fused-ring (bicyclic) bond motifs is 1. The predicted molar refractivity (Wildman–Crippen MR) is 46.3 cm³/mol. The summed E-state index contributed by atoms with van der Waals surface area (Å²) in [4.78, 5) is 11.2. The van der Waals surface area contributed by atoms with Crippen molar-refractivity contribution in [3.8, 4) is 0 Å². The van der Waals surface area contributed by atoms with Gasteiger partial charge in [-0.3, -0.25) is 10.1 Å².